The van der Waals surface area contributed by atoms with Gasteiger partial charge in [0.15, 0.2) is 0 Å². The second-order valence-corrected chi connectivity index (χ2v) is 5.35. The van der Waals surface area contributed by atoms with Crippen molar-refractivity contribution in [3.8, 4) is 5.75 Å². The lowest BCUT2D eigenvalue weighted by Gasteiger charge is -2.36. The number of benzene rings is 1. The molecule has 1 aromatic rings. The lowest BCUT2D eigenvalue weighted by molar-refractivity contribution is 0.172. The molecule has 0 radical (unpaired) electrons. The molecule has 1 aliphatic rings. The predicted octanol–water partition coefficient (Wildman–Crippen LogP) is 2.02. The standard InChI is InChI=1S/C15H24N2O/c1-10-6-15(18-5)12(3)11(2)14(10)9-17(4)13-7-16-8-13/h6,13,16H,7-9H2,1-5H3. The third-order valence-corrected chi connectivity index (χ3v) is 4.22. The van der Waals surface area contributed by atoms with Crippen molar-refractivity contribution in [2.45, 2.75) is 33.4 Å². The molecular weight excluding hydrogens is 224 g/mol. The Morgan fingerprint density at radius 3 is 2.44 bits per heavy atom. The van der Waals surface area contributed by atoms with E-state index in [2.05, 4.69) is 44.1 Å². The summed E-state index contributed by atoms with van der Waals surface area (Å²) >= 11 is 0. The molecule has 0 amide bonds. The smallest absolute Gasteiger partial charge is 0.122 e. The second kappa shape index (κ2) is 5.29. The number of ether oxygens (including phenoxy) is 1. The maximum absolute atomic E-state index is 5.42. The fraction of sp³-hybridized carbons (Fsp3) is 0.600. The van der Waals surface area contributed by atoms with Gasteiger partial charge in [0.25, 0.3) is 0 Å². The number of aryl methyl sites for hydroxylation is 1. The minimum Gasteiger partial charge on any atom is -0.496 e. The minimum absolute atomic E-state index is 0.686. The molecule has 0 aliphatic carbocycles. The van der Waals surface area contributed by atoms with Crippen LogP contribution < -0.4 is 10.1 Å². The Morgan fingerprint density at radius 2 is 1.94 bits per heavy atom. The number of nitrogens with one attached hydrogen (secondary N) is 1. The molecule has 18 heavy (non-hydrogen) atoms. The number of methoxy groups -OCH3 is 1. The van der Waals surface area contributed by atoms with Crippen molar-refractivity contribution in [1.82, 2.24) is 10.2 Å². The van der Waals surface area contributed by atoms with Gasteiger partial charge >= 0.3 is 0 Å². The molecule has 0 unspecified atom stereocenters. The number of rotatable bonds is 4. The molecule has 2 rings (SSSR count). The third-order valence-electron chi connectivity index (χ3n) is 4.22. The zero-order valence-corrected chi connectivity index (χ0v) is 12.1. The highest BCUT2D eigenvalue weighted by molar-refractivity contribution is 5.48. The Balaban J connectivity index is 2.24. The molecule has 3 nitrogen and oxygen atoms in total. The molecule has 1 fully saturated rings. The van der Waals surface area contributed by atoms with Gasteiger partial charge in [-0.2, -0.15) is 0 Å². The summed E-state index contributed by atoms with van der Waals surface area (Å²) in [6, 6.07) is 2.84. The first-order valence-electron chi connectivity index (χ1n) is 6.59. The molecule has 1 aromatic carbocycles. The van der Waals surface area contributed by atoms with Crippen molar-refractivity contribution in [1.29, 1.82) is 0 Å². The number of likely N-dealkylation sites (N-methyl/N-ethyl adjacent to an activating group) is 1. The maximum Gasteiger partial charge on any atom is 0.122 e. The van der Waals surface area contributed by atoms with E-state index >= 15 is 0 Å². The first-order valence-corrected chi connectivity index (χ1v) is 6.59. The van der Waals surface area contributed by atoms with Crippen LogP contribution in [0.25, 0.3) is 0 Å². The van der Waals surface area contributed by atoms with Gasteiger partial charge in [0, 0.05) is 25.7 Å². The molecule has 3 heteroatoms. The van der Waals surface area contributed by atoms with E-state index in [4.69, 9.17) is 4.74 Å². The van der Waals surface area contributed by atoms with Crippen LogP contribution in [0, 0.1) is 20.8 Å². The van der Waals surface area contributed by atoms with Crippen molar-refractivity contribution in [3.05, 3.63) is 28.3 Å². The lowest BCUT2D eigenvalue weighted by atomic mass is 9.96. The molecule has 1 heterocycles. The van der Waals surface area contributed by atoms with Gasteiger partial charge in [0.05, 0.1) is 7.11 Å². The van der Waals surface area contributed by atoms with Gasteiger partial charge in [0.1, 0.15) is 5.75 Å². The van der Waals surface area contributed by atoms with E-state index in [9.17, 15) is 0 Å². The van der Waals surface area contributed by atoms with Crippen molar-refractivity contribution in [2.75, 3.05) is 27.2 Å². The van der Waals surface area contributed by atoms with Crippen LogP contribution >= 0.6 is 0 Å². The first kappa shape index (κ1) is 13.4. The second-order valence-electron chi connectivity index (χ2n) is 5.35. The van der Waals surface area contributed by atoms with Gasteiger partial charge in [-0.15, -0.1) is 0 Å². The zero-order valence-electron chi connectivity index (χ0n) is 12.1. The van der Waals surface area contributed by atoms with E-state index in [1.54, 1.807) is 7.11 Å². The van der Waals surface area contributed by atoms with Crippen LogP contribution in [0.2, 0.25) is 0 Å². The molecule has 0 bridgehead atoms. The molecule has 0 atom stereocenters. The minimum atomic E-state index is 0.686. The Kier molecular flexibility index (Phi) is 3.93. The molecule has 1 aliphatic heterocycles. The van der Waals surface area contributed by atoms with Crippen LogP contribution in [0.1, 0.15) is 22.3 Å². The van der Waals surface area contributed by atoms with E-state index in [1.807, 2.05) is 0 Å². The Hall–Kier alpha value is -1.06. The zero-order chi connectivity index (χ0) is 13.3. The molecule has 0 spiro atoms. The summed E-state index contributed by atoms with van der Waals surface area (Å²) in [6.07, 6.45) is 0. The van der Waals surface area contributed by atoms with Crippen LogP contribution in [-0.4, -0.2) is 38.2 Å². The number of nitrogens with zero attached hydrogens (tertiary/aromatic N) is 1. The SMILES string of the molecule is COc1cc(C)c(CN(C)C2CNC2)c(C)c1C. The molecule has 1 saturated heterocycles. The summed E-state index contributed by atoms with van der Waals surface area (Å²) in [7, 11) is 3.96. The van der Waals surface area contributed by atoms with Crippen molar-refractivity contribution < 1.29 is 4.74 Å². The molecular formula is C15H24N2O. The average molecular weight is 248 g/mol. The summed E-state index contributed by atoms with van der Waals surface area (Å²) in [5, 5.41) is 3.33. The summed E-state index contributed by atoms with van der Waals surface area (Å²) < 4.78 is 5.42. The van der Waals surface area contributed by atoms with E-state index < -0.39 is 0 Å². The van der Waals surface area contributed by atoms with Gasteiger partial charge in [-0.1, -0.05) is 0 Å². The summed E-state index contributed by atoms with van der Waals surface area (Å²) in [4.78, 5) is 2.44. The van der Waals surface area contributed by atoms with Crippen LogP contribution in [0.5, 0.6) is 5.75 Å². The molecule has 100 valence electrons. The quantitative estimate of drug-likeness (QED) is 0.882. The van der Waals surface area contributed by atoms with E-state index in [-0.39, 0.29) is 0 Å². The highest BCUT2D eigenvalue weighted by Gasteiger charge is 2.22. The fourth-order valence-electron chi connectivity index (χ4n) is 2.52. The normalized spacial score (nSPS) is 15.9. The monoisotopic (exact) mass is 248 g/mol. The van der Waals surface area contributed by atoms with Crippen molar-refractivity contribution >= 4 is 0 Å². The largest absolute Gasteiger partial charge is 0.496 e. The van der Waals surface area contributed by atoms with Crippen molar-refractivity contribution in [2.24, 2.45) is 0 Å². The van der Waals surface area contributed by atoms with Crippen molar-refractivity contribution in [3.63, 3.8) is 0 Å². The lowest BCUT2D eigenvalue weighted by Crippen LogP contribution is -2.55. The Bertz CT molecular complexity index is 439. The van der Waals surface area contributed by atoms with Gasteiger partial charge in [-0.25, -0.2) is 0 Å². The highest BCUT2D eigenvalue weighted by Crippen LogP contribution is 2.28. The van der Waals surface area contributed by atoms with E-state index in [0.29, 0.717) is 6.04 Å². The fourth-order valence-corrected chi connectivity index (χ4v) is 2.52. The Labute approximate surface area is 110 Å². The summed E-state index contributed by atoms with van der Waals surface area (Å²) in [5.74, 6) is 1.00. The van der Waals surface area contributed by atoms with Gasteiger partial charge in [-0.05, 0) is 56.1 Å². The summed E-state index contributed by atoms with van der Waals surface area (Å²) in [5.41, 5.74) is 5.40. The van der Waals surface area contributed by atoms with Crippen LogP contribution in [0.4, 0.5) is 0 Å². The van der Waals surface area contributed by atoms with E-state index in [0.717, 1.165) is 25.4 Å². The van der Waals surface area contributed by atoms with Gasteiger partial charge in [0.2, 0.25) is 0 Å². The van der Waals surface area contributed by atoms with Crippen LogP contribution in [-0.2, 0) is 6.54 Å². The highest BCUT2D eigenvalue weighted by atomic mass is 16.5. The summed E-state index contributed by atoms with van der Waals surface area (Å²) in [6.45, 7) is 9.77. The molecule has 1 N–H and O–H groups in total. The van der Waals surface area contributed by atoms with Crippen LogP contribution in [0.15, 0.2) is 6.07 Å². The molecule has 0 saturated carbocycles. The number of hydrogen-bond donors (Lipinski definition) is 1. The van der Waals surface area contributed by atoms with Gasteiger partial charge < -0.3 is 10.1 Å². The maximum atomic E-state index is 5.42. The predicted molar refractivity (Wildman–Crippen MR) is 75.3 cm³/mol. The van der Waals surface area contributed by atoms with E-state index in [1.165, 1.54) is 22.3 Å². The first-order chi connectivity index (χ1) is 8.54. The topological polar surface area (TPSA) is 24.5 Å². The number of hydrogen-bond acceptors (Lipinski definition) is 3. The Morgan fingerprint density at radius 1 is 1.28 bits per heavy atom. The van der Waals surface area contributed by atoms with Crippen LogP contribution in [0.3, 0.4) is 0 Å². The average Bonchev–Trinajstić information content (AvgIpc) is 2.27. The van der Waals surface area contributed by atoms with Gasteiger partial charge in [-0.3, -0.25) is 4.90 Å². The third kappa shape index (κ3) is 2.38. The molecule has 0 aromatic heterocycles.